The van der Waals surface area contributed by atoms with Crippen LogP contribution in [0.4, 0.5) is 29.1 Å². The Balaban J connectivity index is 1.31. The Morgan fingerprint density at radius 2 is 1.86 bits per heavy atom. The molecule has 0 bridgehead atoms. The summed E-state index contributed by atoms with van der Waals surface area (Å²) in [5, 5.41) is 6.38. The first kappa shape index (κ1) is 25.8. The van der Waals surface area contributed by atoms with Gasteiger partial charge in [0, 0.05) is 48.9 Å². The number of alkyl halides is 4. The number of hydrogen-bond donors (Lipinski definition) is 2. The van der Waals surface area contributed by atoms with Crippen LogP contribution in [0.3, 0.4) is 0 Å². The molecule has 11 heteroatoms. The predicted octanol–water partition coefficient (Wildman–Crippen LogP) is 4.75. The number of ether oxygens (including phenoxy) is 1. The van der Waals surface area contributed by atoms with Gasteiger partial charge in [-0.15, -0.1) is 0 Å². The van der Waals surface area contributed by atoms with Gasteiger partial charge in [0.2, 0.25) is 0 Å². The van der Waals surface area contributed by atoms with E-state index >= 15 is 0 Å². The summed E-state index contributed by atoms with van der Waals surface area (Å²) < 4.78 is 58.9. The molecule has 2 N–H and O–H groups in total. The first-order valence-corrected chi connectivity index (χ1v) is 12.8. The van der Waals surface area contributed by atoms with Crippen molar-refractivity contribution in [1.29, 1.82) is 0 Å². The highest BCUT2D eigenvalue weighted by Gasteiger charge is 2.34. The van der Waals surface area contributed by atoms with Gasteiger partial charge in [-0.2, -0.15) is 13.2 Å². The van der Waals surface area contributed by atoms with Crippen LogP contribution in [0.2, 0.25) is 0 Å². The highest BCUT2D eigenvalue weighted by molar-refractivity contribution is 5.95. The molecule has 2 saturated heterocycles. The van der Waals surface area contributed by atoms with E-state index in [1.54, 1.807) is 11.8 Å². The summed E-state index contributed by atoms with van der Waals surface area (Å²) in [6, 6.07) is 4.80. The molecule has 3 heterocycles. The van der Waals surface area contributed by atoms with Gasteiger partial charge in [0.1, 0.15) is 23.5 Å². The van der Waals surface area contributed by atoms with Crippen molar-refractivity contribution in [3.05, 3.63) is 46.9 Å². The van der Waals surface area contributed by atoms with E-state index in [0.717, 1.165) is 25.0 Å². The number of nitrogens with zero attached hydrogens (tertiary/aromatic N) is 3. The third-order valence-electron chi connectivity index (χ3n) is 7.28. The molecule has 7 nitrogen and oxygen atoms in total. The van der Waals surface area contributed by atoms with Gasteiger partial charge in [-0.1, -0.05) is 6.07 Å². The highest BCUT2D eigenvalue weighted by atomic mass is 19.4. The van der Waals surface area contributed by atoms with Gasteiger partial charge in [-0.3, -0.25) is 4.79 Å². The average molecular weight is 522 g/mol. The molecule has 2 aliphatic heterocycles. The number of halogens is 4. The van der Waals surface area contributed by atoms with E-state index in [4.69, 9.17) is 4.74 Å². The molecular formula is C26H31F4N5O2. The highest BCUT2D eigenvalue weighted by Crippen LogP contribution is 2.39. The van der Waals surface area contributed by atoms with E-state index < -0.39 is 17.9 Å². The molecular weight excluding hydrogens is 490 g/mol. The zero-order valence-corrected chi connectivity index (χ0v) is 20.7. The van der Waals surface area contributed by atoms with Crippen molar-refractivity contribution in [1.82, 2.24) is 20.2 Å². The third-order valence-corrected chi connectivity index (χ3v) is 7.28. The standard InChI is InChI=1S/C26H31F4N5O2/c1-15-22(25(36)35-10-7-18(8-11-35)31-21-9-12-37-14-20(21)27)33-24(16-5-6-16)34-23(15)32-19-4-2-3-17(13-19)26(28,29)30/h2-4,13,16,18,20-21,31H,5-12,14H2,1H3,(H,32,33,34)/t20-,21?/m1/s1. The lowest BCUT2D eigenvalue weighted by Gasteiger charge is -2.36. The van der Waals surface area contributed by atoms with Crippen LogP contribution >= 0.6 is 0 Å². The Hall–Kier alpha value is -2.79. The minimum absolute atomic E-state index is 0.113. The Kier molecular flexibility index (Phi) is 7.35. The number of piperidine rings is 1. The fourth-order valence-corrected chi connectivity index (χ4v) is 4.89. The first-order valence-electron chi connectivity index (χ1n) is 12.8. The molecule has 1 amide bonds. The summed E-state index contributed by atoms with van der Waals surface area (Å²) in [4.78, 5) is 24.4. The van der Waals surface area contributed by atoms with E-state index in [0.29, 0.717) is 56.2 Å². The summed E-state index contributed by atoms with van der Waals surface area (Å²) >= 11 is 0. The van der Waals surface area contributed by atoms with Crippen molar-refractivity contribution < 1.29 is 27.1 Å². The van der Waals surface area contributed by atoms with Gasteiger partial charge in [0.05, 0.1) is 12.2 Å². The number of rotatable bonds is 6. The van der Waals surface area contributed by atoms with Crippen molar-refractivity contribution in [2.24, 2.45) is 0 Å². The molecule has 37 heavy (non-hydrogen) atoms. The monoisotopic (exact) mass is 521 g/mol. The molecule has 3 fully saturated rings. The molecule has 1 unspecified atom stereocenters. The third kappa shape index (κ3) is 6.04. The van der Waals surface area contributed by atoms with Crippen LogP contribution in [-0.2, 0) is 10.9 Å². The lowest BCUT2D eigenvalue weighted by molar-refractivity contribution is -0.137. The first-order chi connectivity index (χ1) is 17.7. The zero-order valence-electron chi connectivity index (χ0n) is 20.7. The maximum atomic E-state index is 14.1. The fourth-order valence-electron chi connectivity index (χ4n) is 4.89. The zero-order chi connectivity index (χ0) is 26.2. The molecule has 3 aliphatic rings. The molecule has 5 rings (SSSR count). The van der Waals surface area contributed by atoms with Gasteiger partial charge in [-0.05, 0) is 57.2 Å². The number of aromatic nitrogens is 2. The quantitative estimate of drug-likeness (QED) is 0.535. The van der Waals surface area contributed by atoms with E-state index in [9.17, 15) is 22.4 Å². The molecule has 2 atom stereocenters. The summed E-state index contributed by atoms with van der Waals surface area (Å²) in [6.45, 7) is 3.38. The maximum Gasteiger partial charge on any atom is 0.416 e. The van der Waals surface area contributed by atoms with Gasteiger partial charge >= 0.3 is 6.18 Å². The Morgan fingerprint density at radius 1 is 1.11 bits per heavy atom. The molecule has 1 aliphatic carbocycles. The van der Waals surface area contributed by atoms with Gasteiger partial charge in [0.15, 0.2) is 0 Å². The number of hydrogen-bond acceptors (Lipinski definition) is 6. The number of amides is 1. The van der Waals surface area contributed by atoms with Crippen LogP contribution in [0.25, 0.3) is 0 Å². The molecule has 0 spiro atoms. The second-order valence-electron chi connectivity index (χ2n) is 10.1. The fraction of sp³-hybridized carbons (Fsp3) is 0.577. The average Bonchev–Trinajstić information content (AvgIpc) is 3.72. The van der Waals surface area contributed by atoms with Crippen molar-refractivity contribution in [2.75, 3.05) is 31.6 Å². The number of carbonyl (C=O) groups is 1. The van der Waals surface area contributed by atoms with E-state index in [-0.39, 0.29) is 41.9 Å². The van der Waals surface area contributed by atoms with Crippen LogP contribution < -0.4 is 10.6 Å². The maximum absolute atomic E-state index is 14.1. The molecule has 1 saturated carbocycles. The van der Waals surface area contributed by atoms with Crippen LogP contribution in [0.1, 0.15) is 65.5 Å². The second kappa shape index (κ2) is 10.5. The normalized spacial score (nSPS) is 23.2. The van der Waals surface area contributed by atoms with Gasteiger partial charge in [-0.25, -0.2) is 14.4 Å². The largest absolute Gasteiger partial charge is 0.416 e. The van der Waals surface area contributed by atoms with Crippen LogP contribution in [0.15, 0.2) is 24.3 Å². The smallest absolute Gasteiger partial charge is 0.378 e. The lowest BCUT2D eigenvalue weighted by Crippen LogP contribution is -2.52. The molecule has 1 aromatic heterocycles. The Morgan fingerprint density at radius 3 is 2.54 bits per heavy atom. The minimum atomic E-state index is -4.46. The second-order valence-corrected chi connectivity index (χ2v) is 10.1. The molecule has 0 radical (unpaired) electrons. The SMILES string of the molecule is Cc1c(Nc2cccc(C(F)(F)F)c2)nc(C2CC2)nc1C(=O)N1CCC(NC2CCOC[C@H]2F)CC1. The van der Waals surface area contributed by atoms with Crippen molar-refractivity contribution in [3.8, 4) is 0 Å². The number of carbonyl (C=O) groups excluding carboxylic acids is 1. The summed E-state index contributed by atoms with van der Waals surface area (Å²) in [7, 11) is 0. The summed E-state index contributed by atoms with van der Waals surface area (Å²) in [5.41, 5.74) is 0.239. The van der Waals surface area contributed by atoms with Crippen LogP contribution in [0, 0.1) is 6.92 Å². The van der Waals surface area contributed by atoms with Crippen molar-refractivity contribution in [2.45, 2.75) is 69.4 Å². The van der Waals surface area contributed by atoms with E-state index in [2.05, 4.69) is 20.6 Å². The predicted molar refractivity (Wildman–Crippen MR) is 130 cm³/mol. The lowest BCUT2D eigenvalue weighted by atomic mass is 10.00. The van der Waals surface area contributed by atoms with Crippen molar-refractivity contribution >= 4 is 17.4 Å². The number of benzene rings is 1. The van der Waals surface area contributed by atoms with Gasteiger partial charge < -0.3 is 20.3 Å². The summed E-state index contributed by atoms with van der Waals surface area (Å²) in [6.07, 6.45) is -1.63. The van der Waals surface area contributed by atoms with Gasteiger partial charge in [0.25, 0.3) is 5.91 Å². The number of nitrogens with one attached hydrogen (secondary N) is 2. The Labute approximate surface area is 213 Å². The Bertz CT molecular complexity index is 1130. The molecule has 1 aromatic carbocycles. The van der Waals surface area contributed by atoms with E-state index in [1.165, 1.54) is 12.1 Å². The molecule has 2 aromatic rings. The van der Waals surface area contributed by atoms with Crippen molar-refractivity contribution in [3.63, 3.8) is 0 Å². The van der Waals surface area contributed by atoms with E-state index in [1.807, 2.05) is 0 Å². The molecule has 200 valence electrons. The number of likely N-dealkylation sites (tertiary alicyclic amines) is 1. The topological polar surface area (TPSA) is 79.4 Å². The summed E-state index contributed by atoms with van der Waals surface area (Å²) in [5.74, 6) is 0.803. The van der Waals surface area contributed by atoms with Crippen LogP contribution in [-0.4, -0.2) is 65.3 Å². The minimum Gasteiger partial charge on any atom is -0.378 e. The number of anilines is 2. The van der Waals surface area contributed by atoms with Crippen LogP contribution in [0.5, 0.6) is 0 Å².